The first-order valence-corrected chi connectivity index (χ1v) is 10.6. The van der Waals surface area contributed by atoms with E-state index in [0.717, 1.165) is 5.56 Å². The number of rotatable bonds is 9. The van der Waals surface area contributed by atoms with Gasteiger partial charge in [-0.2, -0.15) is 0 Å². The maximum atomic E-state index is 12.7. The second-order valence-electron chi connectivity index (χ2n) is 7.60. The molecule has 0 fully saturated rings. The van der Waals surface area contributed by atoms with Crippen LogP contribution >= 0.6 is 0 Å². The lowest BCUT2D eigenvalue weighted by Gasteiger charge is -2.14. The van der Waals surface area contributed by atoms with Gasteiger partial charge in [-0.1, -0.05) is 43.2 Å². The Hall–Kier alpha value is -3.92. The SMILES string of the molecule is O=C(CCCCCC1NC(=O)c2cc(NC(=O)OCc3ccccc3)ccc2NC1=O)NO. The van der Waals surface area contributed by atoms with Crippen LogP contribution in [-0.2, 0) is 20.9 Å². The normalized spacial score (nSPS) is 14.9. The molecule has 1 heterocycles. The number of hydrogen-bond acceptors (Lipinski definition) is 6. The predicted octanol–water partition coefficient (Wildman–Crippen LogP) is 2.94. The fourth-order valence-electron chi connectivity index (χ4n) is 3.39. The van der Waals surface area contributed by atoms with Gasteiger partial charge in [0.25, 0.3) is 5.91 Å². The number of ether oxygens (including phenoxy) is 1. The Kier molecular flexibility index (Phi) is 8.36. The summed E-state index contributed by atoms with van der Waals surface area (Å²) in [5, 5.41) is 16.5. The minimum atomic E-state index is -0.719. The Balaban J connectivity index is 1.54. The van der Waals surface area contributed by atoms with E-state index in [0.29, 0.717) is 37.1 Å². The van der Waals surface area contributed by atoms with Crippen molar-refractivity contribution in [1.29, 1.82) is 0 Å². The lowest BCUT2D eigenvalue weighted by molar-refractivity contribution is -0.129. The summed E-state index contributed by atoms with van der Waals surface area (Å²) >= 11 is 0. The zero-order valence-electron chi connectivity index (χ0n) is 17.9. The smallest absolute Gasteiger partial charge is 0.411 e. The molecule has 1 unspecified atom stereocenters. The van der Waals surface area contributed by atoms with Crippen LogP contribution in [0.25, 0.3) is 0 Å². The third-order valence-corrected chi connectivity index (χ3v) is 5.12. The van der Waals surface area contributed by atoms with Crippen LogP contribution in [0.5, 0.6) is 0 Å². The van der Waals surface area contributed by atoms with Crippen LogP contribution in [0.2, 0.25) is 0 Å². The summed E-state index contributed by atoms with van der Waals surface area (Å²) in [6.07, 6.45) is 1.78. The van der Waals surface area contributed by atoms with Gasteiger partial charge in [0, 0.05) is 12.1 Å². The molecule has 0 radical (unpaired) electrons. The molecule has 0 spiro atoms. The molecule has 0 saturated heterocycles. The third kappa shape index (κ3) is 7.04. The van der Waals surface area contributed by atoms with Crippen LogP contribution in [0.15, 0.2) is 48.5 Å². The van der Waals surface area contributed by atoms with Gasteiger partial charge in [-0.25, -0.2) is 10.3 Å². The third-order valence-electron chi connectivity index (χ3n) is 5.12. The van der Waals surface area contributed by atoms with Crippen LogP contribution < -0.4 is 21.4 Å². The summed E-state index contributed by atoms with van der Waals surface area (Å²) in [5.74, 6) is -1.23. The zero-order chi connectivity index (χ0) is 23.6. The summed E-state index contributed by atoms with van der Waals surface area (Å²) in [6, 6.07) is 13.1. The first-order chi connectivity index (χ1) is 16.0. The quantitative estimate of drug-likeness (QED) is 0.224. The number of hydrogen-bond donors (Lipinski definition) is 5. The van der Waals surface area contributed by atoms with E-state index in [9.17, 15) is 19.2 Å². The number of benzene rings is 2. The number of unbranched alkanes of at least 4 members (excludes halogenated alkanes) is 2. The molecule has 5 N–H and O–H groups in total. The van der Waals surface area contributed by atoms with Crippen molar-refractivity contribution in [3.8, 4) is 0 Å². The van der Waals surface area contributed by atoms with Crippen molar-refractivity contribution < 1.29 is 29.1 Å². The van der Waals surface area contributed by atoms with Crippen LogP contribution in [0.4, 0.5) is 16.2 Å². The molecule has 2 aromatic carbocycles. The van der Waals surface area contributed by atoms with E-state index in [1.807, 2.05) is 30.3 Å². The molecule has 1 aliphatic heterocycles. The second kappa shape index (κ2) is 11.6. The van der Waals surface area contributed by atoms with Crippen LogP contribution in [0, 0.1) is 0 Å². The Bertz CT molecular complexity index is 1010. The van der Waals surface area contributed by atoms with Gasteiger partial charge in [0.2, 0.25) is 11.8 Å². The fraction of sp³-hybridized carbons (Fsp3) is 0.304. The highest BCUT2D eigenvalue weighted by atomic mass is 16.5. The van der Waals surface area contributed by atoms with E-state index in [2.05, 4.69) is 16.0 Å². The van der Waals surface area contributed by atoms with Crippen LogP contribution in [-0.4, -0.2) is 35.1 Å². The number of carbonyl (C=O) groups is 4. The summed E-state index contributed by atoms with van der Waals surface area (Å²) in [6.45, 7) is 0.112. The van der Waals surface area contributed by atoms with Crippen LogP contribution in [0.3, 0.4) is 0 Å². The first kappa shape index (κ1) is 23.7. The number of carbonyl (C=O) groups excluding carboxylic acids is 4. The molecule has 10 nitrogen and oxygen atoms in total. The Labute approximate surface area is 190 Å². The number of hydroxylamine groups is 1. The summed E-state index contributed by atoms with van der Waals surface area (Å²) < 4.78 is 5.19. The average Bonchev–Trinajstić information content (AvgIpc) is 2.93. The summed E-state index contributed by atoms with van der Waals surface area (Å²) in [4.78, 5) is 48.3. The molecule has 174 valence electrons. The Morgan fingerprint density at radius 1 is 1.03 bits per heavy atom. The molecular formula is C23H26N4O6. The highest BCUT2D eigenvalue weighted by Crippen LogP contribution is 2.24. The minimum absolute atomic E-state index is 0.112. The van der Waals surface area contributed by atoms with Gasteiger partial charge >= 0.3 is 6.09 Å². The molecule has 0 aliphatic carbocycles. The van der Waals surface area contributed by atoms with Crippen LogP contribution in [0.1, 0.15) is 48.0 Å². The number of nitrogens with one attached hydrogen (secondary N) is 4. The van der Waals surface area contributed by atoms with E-state index < -0.39 is 23.9 Å². The highest BCUT2D eigenvalue weighted by molar-refractivity contribution is 6.10. The predicted molar refractivity (Wildman–Crippen MR) is 120 cm³/mol. The van der Waals surface area contributed by atoms with Gasteiger partial charge in [0.15, 0.2) is 0 Å². The van der Waals surface area contributed by atoms with E-state index in [-0.39, 0.29) is 24.5 Å². The molecule has 33 heavy (non-hydrogen) atoms. The Morgan fingerprint density at radius 2 is 1.82 bits per heavy atom. The number of anilines is 2. The van der Waals surface area contributed by atoms with Crippen molar-refractivity contribution in [3.05, 3.63) is 59.7 Å². The number of fused-ring (bicyclic) bond motifs is 1. The van der Waals surface area contributed by atoms with Crippen molar-refractivity contribution in [2.24, 2.45) is 0 Å². The maximum absolute atomic E-state index is 12.7. The first-order valence-electron chi connectivity index (χ1n) is 10.6. The van der Waals surface area contributed by atoms with Gasteiger partial charge < -0.3 is 15.4 Å². The van der Waals surface area contributed by atoms with Gasteiger partial charge in [-0.15, -0.1) is 0 Å². The highest BCUT2D eigenvalue weighted by Gasteiger charge is 2.27. The molecule has 0 saturated carbocycles. The van der Waals surface area contributed by atoms with Crippen molar-refractivity contribution in [3.63, 3.8) is 0 Å². The Morgan fingerprint density at radius 3 is 2.58 bits per heavy atom. The van der Waals surface area contributed by atoms with Gasteiger partial charge in [0.05, 0.1) is 11.3 Å². The fourth-order valence-corrected chi connectivity index (χ4v) is 3.39. The lowest BCUT2D eigenvalue weighted by Crippen LogP contribution is -2.41. The zero-order valence-corrected chi connectivity index (χ0v) is 17.9. The van der Waals surface area contributed by atoms with E-state index >= 15 is 0 Å². The largest absolute Gasteiger partial charge is 0.444 e. The second-order valence-corrected chi connectivity index (χ2v) is 7.60. The average molecular weight is 454 g/mol. The summed E-state index contributed by atoms with van der Waals surface area (Å²) in [7, 11) is 0. The van der Waals surface area contributed by atoms with Crippen molar-refractivity contribution >= 4 is 35.2 Å². The van der Waals surface area contributed by atoms with E-state index in [1.165, 1.54) is 6.07 Å². The van der Waals surface area contributed by atoms with Gasteiger partial charge in [-0.05, 0) is 36.6 Å². The van der Waals surface area contributed by atoms with E-state index in [4.69, 9.17) is 9.94 Å². The standard InChI is InChI=1S/C23H26N4O6/c28-20(27-32)10-6-2-5-9-19-22(30)25-18-12-11-16(13-17(18)21(29)26-19)24-23(31)33-14-15-7-3-1-4-8-15/h1,3-4,7-8,11-13,19,32H,2,5-6,9-10,14H2,(H,24,31)(H,25,30)(H,26,29)(H,27,28). The van der Waals surface area contributed by atoms with Gasteiger partial charge in [0.1, 0.15) is 12.6 Å². The topological polar surface area (TPSA) is 146 Å². The number of amides is 4. The lowest BCUT2D eigenvalue weighted by atomic mass is 10.1. The molecule has 1 aliphatic rings. The summed E-state index contributed by atoms with van der Waals surface area (Å²) in [5.41, 5.74) is 3.36. The molecule has 10 heteroatoms. The molecule has 4 amide bonds. The molecule has 2 aromatic rings. The maximum Gasteiger partial charge on any atom is 0.411 e. The molecule has 3 rings (SSSR count). The molecule has 0 bridgehead atoms. The molecular weight excluding hydrogens is 428 g/mol. The van der Waals surface area contributed by atoms with Gasteiger partial charge in [-0.3, -0.25) is 24.9 Å². The van der Waals surface area contributed by atoms with Crippen molar-refractivity contribution in [1.82, 2.24) is 10.8 Å². The van der Waals surface area contributed by atoms with Crippen molar-refractivity contribution in [2.75, 3.05) is 10.6 Å². The monoisotopic (exact) mass is 454 g/mol. The van der Waals surface area contributed by atoms with E-state index in [1.54, 1.807) is 17.6 Å². The molecule has 0 aromatic heterocycles. The minimum Gasteiger partial charge on any atom is -0.444 e. The van der Waals surface area contributed by atoms with Crippen molar-refractivity contribution in [2.45, 2.75) is 44.8 Å². The molecule has 1 atom stereocenters.